The zero-order chi connectivity index (χ0) is 25.1. The van der Waals surface area contributed by atoms with E-state index in [4.69, 9.17) is 0 Å². The van der Waals surface area contributed by atoms with Gasteiger partial charge in [-0.15, -0.1) is 0 Å². The molecule has 34 heavy (non-hydrogen) atoms. The first kappa shape index (κ1) is 26.1. The van der Waals surface area contributed by atoms with Crippen LogP contribution in [0.2, 0.25) is 0 Å². The van der Waals surface area contributed by atoms with Crippen LogP contribution in [-0.4, -0.2) is 36.2 Å². The summed E-state index contributed by atoms with van der Waals surface area (Å²) in [5, 5.41) is 20.7. The van der Waals surface area contributed by atoms with Gasteiger partial charge >= 0.3 is 0 Å². The molecule has 2 aromatic rings. The van der Waals surface area contributed by atoms with Gasteiger partial charge in [-0.05, 0) is 66.5 Å². The molecule has 0 fully saturated rings. The van der Waals surface area contributed by atoms with Crippen LogP contribution in [0.1, 0.15) is 57.7 Å². The average Bonchev–Trinajstić information content (AvgIpc) is 2.70. The third-order valence-electron chi connectivity index (χ3n) is 6.29. The van der Waals surface area contributed by atoms with Crippen LogP contribution in [0.4, 0.5) is 14.5 Å². The van der Waals surface area contributed by atoms with Gasteiger partial charge in [0.1, 0.15) is 11.6 Å². The summed E-state index contributed by atoms with van der Waals surface area (Å²) in [6.45, 7) is 11.1. The number of carbonyl (C=O) groups excluding carboxylic acids is 1. The van der Waals surface area contributed by atoms with Crippen molar-refractivity contribution in [1.82, 2.24) is 10.6 Å². The molecule has 4 N–H and O–H groups in total. The third kappa shape index (κ3) is 7.00. The summed E-state index contributed by atoms with van der Waals surface area (Å²) in [7, 11) is 0. The maximum Gasteiger partial charge on any atom is 0.217 e. The maximum absolute atomic E-state index is 13.7. The van der Waals surface area contributed by atoms with Gasteiger partial charge < -0.3 is 21.1 Å². The largest absolute Gasteiger partial charge is 0.390 e. The van der Waals surface area contributed by atoms with E-state index in [-0.39, 0.29) is 29.8 Å². The van der Waals surface area contributed by atoms with E-state index in [1.165, 1.54) is 24.6 Å². The van der Waals surface area contributed by atoms with E-state index in [2.05, 4.69) is 61.8 Å². The summed E-state index contributed by atoms with van der Waals surface area (Å²) in [5.41, 5.74) is 3.64. The summed E-state index contributed by atoms with van der Waals surface area (Å²) in [4.78, 5) is 11.8. The van der Waals surface area contributed by atoms with Gasteiger partial charge in [0, 0.05) is 37.3 Å². The van der Waals surface area contributed by atoms with Crippen LogP contribution in [0.15, 0.2) is 36.4 Å². The minimum Gasteiger partial charge on any atom is -0.390 e. The Labute approximate surface area is 201 Å². The highest BCUT2D eigenvalue weighted by Crippen LogP contribution is 2.36. The second-order valence-corrected chi connectivity index (χ2v) is 10.9. The second kappa shape index (κ2) is 10.4. The molecule has 2 aromatic carbocycles. The zero-order valence-corrected chi connectivity index (χ0v) is 20.8. The molecule has 0 aliphatic carbocycles. The molecule has 0 aromatic heterocycles. The molecule has 0 spiro atoms. The Morgan fingerprint density at radius 2 is 1.82 bits per heavy atom. The first-order valence-corrected chi connectivity index (χ1v) is 11.9. The van der Waals surface area contributed by atoms with Crippen LogP contribution in [0.3, 0.4) is 0 Å². The first-order chi connectivity index (χ1) is 15.8. The number of halogens is 2. The van der Waals surface area contributed by atoms with E-state index >= 15 is 0 Å². The van der Waals surface area contributed by atoms with Gasteiger partial charge in [0.25, 0.3) is 0 Å². The molecular formula is C27H37F2N3O2. The molecule has 1 heterocycles. The van der Waals surface area contributed by atoms with E-state index in [9.17, 15) is 18.7 Å². The van der Waals surface area contributed by atoms with E-state index in [0.29, 0.717) is 5.56 Å². The molecule has 1 amide bonds. The lowest BCUT2D eigenvalue weighted by Crippen LogP contribution is -2.53. The lowest BCUT2D eigenvalue weighted by molar-refractivity contribution is -0.120. The summed E-state index contributed by atoms with van der Waals surface area (Å²) in [6.07, 6.45) is 0.935. The van der Waals surface area contributed by atoms with Crippen LogP contribution in [0, 0.1) is 17.0 Å². The number of anilines is 1. The predicted octanol–water partition coefficient (Wildman–Crippen LogP) is 4.28. The first-order valence-electron chi connectivity index (χ1n) is 11.9. The highest BCUT2D eigenvalue weighted by Gasteiger charge is 2.33. The van der Waals surface area contributed by atoms with Gasteiger partial charge in [0.05, 0.1) is 12.1 Å². The number of hydrogen-bond acceptors (Lipinski definition) is 4. The standard InChI is InChI=1S/C27H37F2N3O2/c1-17(33)32-24(13-19-10-20(28)14-21(29)11-19)25(34)16-31-27(5)8-9-30-23-7-6-18(12-22(23)27)15-26(2,3)4/h6-7,10-12,14,24-25,30-31,34H,8-9,13,15-16H2,1-5H3,(H,32,33). The molecule has 3 rings (SSSR count). The van der Waals surface area contributed by atoms with Crippen molar-refractivity contribution >= 4 is 11.6 Å². The van der Waals surface area contributed by atoms with Gasteiger partial charge in [-0.2, -0.15) is 0 Å². The summed E-state index contributed by atoms with van der Waals surface area (Å²) < 4.78 is 27.3. The minimum atomic E-state index is -0.955. The number of aliphatic hydroxyl groups is 1. The summed E-state index contributed by atoms with van der Waals surface area (Å²) in [5.74, 6) is -1.69. The highest BCUT2D eigenvalue weighted by molar-refractivity contribution is 5.73. The molecule has 3 atom stereocenters. The molecule has 0 radical (unpaired) electrons. The Morgan fingerprint density at radius 3 is 2.44 bits per heavy atom. The fourth-order valence-corrected chi connectivity index (χ4v) is 4.69. The summed E-state index contributed by atoms with van der Waals surface area (Å²) >= 11 is 0. The zero-order valence-electron chi connectivity index (χ0n) is 20.8. The van der Waals surface area contributed by atoms with E-state index in [1.54, 1.807) is 0 Å². The topological polar surface area (TPSA) is 73.4 Å². The van der Waals surface area contributed by atoms with Crippen LogP contribution < -0.4 is 16.0 Å². The number of amides is 1. The number of rotatable bonds is 8. The van der Waals surface area contributed by atoms with Crippen LogP contribution in [0.25, 0.3) is 0 Å². The average molecular weight is 474 g/mol. The van der Waals surface area contributed by atoms with Crippen molar-refractivity contribution < 1.29 is 18.7 Å². The van der Waals surface area contributed by atoms with Crippen molar-refractivity contribution in [3.05, 3.63) is 64.7 Å². The van der Waals surface area contributed by atoms with Gasteiger partial charge in [-0.1, -0.05) is 32.9 Å². The number of hydrogen-bond donors (Lipinski definition) is 4. The third-order valence-corrected chi connectivity index (χ3v) is 6.29. The fourth-order valence-electron chi connectivity index (χ4n) is 4.69. The minimum absolute atomic E-state index is 0.113. The molecule has 0 saturated heterocycles. The Hall–Kier alpha value is -2.51. The summed E-state index contributed by atoms with van der Waals surface area (Å²) in [6, 6.07) is 9.06. The predicted molar refractivity (Wildman–Crippen MR) is 132 cm³/mol. The Morgan fingerprint density at radius 1 is 1.15 bits per heavy atom. The second-order valence-electron chi connectivity index (χ2n) is 10.9. The van der Waals surface area contributed by atoms with Crippen LogP contribution in [-0.2, 0) is 23.2 Å². The van der Waals surface area contributed by atoms with Gasteiger partial charge in [-0.3, -0.25) is 4.79 Å². The number of fused-ring (bicyclic) bond motifs is 1. The van der Waals surface area contributed by atoms with E-state index in [1.807, 2.05) is 0 Å². The van der Waals surface area contributed by atoms with Crippen molar-refractivity contribution in [2.75, 3.05) is 18.4 Å². The molecule has 5 nitrogen and oxygen atoms in total. The quantitative estimate of drug-likeness (QED) is 0.462. The van der Waals surface area contributed by atoms with Crippen molar-refractivity contribution in [1.29, 1.82) is 0 Å². The molecule has 0 bridgehead atoms. The van der Waals surface area contributed by atoms with Crippen molar-refractivity contribution in [2.24, 2.45) is 5.41 Å². The SMILES string of the molecule is CC(=O)NC(Cc1cc(F)cc(F)c1)C(O)CNC1(C)CCNc2ccc(CC(C)(C)C)cc21. The molecule has 0 saturated carbocycles. The molecule has 7 heteroatoms. The molecule has 3 unspecified atom stereocenters. The van der Waals surface area contributed by atoms with Crippen molar-refractivity contribution in [2.45, 2.75) is 71.6 Å². The van der Waals surface area contributed by atoms with Crippen molar-refractivity contribution in [3.8, 4) is 0 Å². The Bertz CT molecular complexity index is 1000. The molecule has 1 aliphatic rings. The van der Waals surface area contributed by atoms with E-state index in [0.717, 1.165) is 36.7 Å². The van der Waals surface area contributed by atoms with Crippen LogP contribution >= 0.6 is 0 Å². The van der Waals surface area contributed by atoms with E-state index < -0.39 is 23.8 Å². The van der Waals surface area contributed by atoms with Gasteiger partial charge in [-0.25, -0.2) is 8.78 Å². The lowest BCUT2D eigenvalue weighted by Gasteiger charge is -2.39. The number of benzene rings is 2. The fraction of sp³-hybridized carbons (Fsp3) is 0.519. The smallest absolute Gasteiger partial charge is 0.217 e. The maximum atomic E-state index is 13.7. The van der Waals surface area contributed by atoms with Gasteiger partial charge in [0.15, 0.2) is 0 Å². The van der Waals surface area contributed by atoms with Gasteiger partial charge in [0.2, 0.25) is 5.91 Å². The van der Waals surface area contributed by atoms with Crippen molar-refractivity contribution in [3.63, 3.8) is 0 Å². The number of aliphatic hydroxyl groups excluding tert-OH is 1. The van der Waals surface area contributed by atoms with Crippen LogP contribution in [0.5, 0.6) is 0 Å². The number of carbonyl (C=O) groups is 1. The lowest BCUT2D eigenvalue weighted by atomic mass is 9.81. The Balaban J connectivity index is 1.76. The molecular weight excluding hydrogens is 436 g/mol. The monoisotopic (exact) mass is 473 g/mol. The highest BCUT2D eigenvalue weighted by atomic mass is 19.1. The molecule has 186 valence electrons. The molecule has 1 aliphatic heterocycles. The normalized spacial score (nSPS) is 19.6. The number of nitrogens with one attached hydrogen (secondary N) is 3. The Kier molecular flexibility index (Phi) is 7.98.